The average Bonchev–Trinajstić information content (AvgIpc) is 3.13. The maximum Gasteiger partial charge on any atom is 0.347 e. The van der Waals surface area contributed by atoms with Gasteiger partial charge in [0.05, 0.1) is 50.6 Å². The van der Waals surface area contributed by atoms with Crippen LogP contribution < -0.4 is 21.2 Å². The number of aromatic nitrogens is 3. The minimum Gasteiger partial charge on any atom is -0.496 e. The summed E-state index contributed by atoms with van der Waals surface area (Å²) in [5, 5.41) is 2.88. The molecule has 4 rings (SSSR count). The van der Waals surface area contributed by atoms with Crippen molar-refractivity contribution < 1.29 is 9.47 Å². The highest BCUT2D eigenvalue weighted by atomic mass is 16.5. The fourth-order valence-electron chi connectivity index (χ4n) is 4.41. The number of methoxy groups -OCH3 is 1. The molecule has 0 radical (unpaired) electrons. The first-order valence-electron chi connectivity index (χ1n) is 11.9. The SMILES string of the molecule is COc1cc2ncc3c(c2cc1C(C=NCCCCN(C)C)=CN)n(N1CCOCC1)c(=O)n3C. The number of nitrogens with zero attached hydrogens (tertiary/aromatic N) is 6. The van der Waals surface area contributed by atoms with Crippen molar-refractivity contribution in [1.29, 1.82) is 0 Å². The summed E-state index contributed by atoms with van der Waals surface area (Å²) in [5.74, 6) is 0.649. The summed E-state index contributed by atoms with van der Waals surface area (Å²) in [6, 6.07) is 3.89. The lowest BCUT2D eigenvalue weighted by Gasteiger charge is -2.29. The minimum absolute atomic E-state index is 0.109. The predicted octanol–water partition coefficient (Wildman–Crippen LogP) is 1.58. The average molecular weight is 482 g/mol. The van der Waals surface area contributed by atoms with Crippen molar-refractivity contribution in [3.05, 3.63) is 40.6 Å². The molecule has 1 fully saturated rings. The summed E-state index contributed by atoms with van der Waals surface area (Å²) in [6.45, 7) is 4.20. The smallest absolute Gasteiger partial charge is 0.347 e. The number of aryl methyl sites for hydroxylation is 1. The van der Waals surface area contributed by atoms with Crippen LogP contribution in [-0.4, -0.2) is 85.9 Å². The van der Waals surface area contributed by atoms with Gasteiger partial charge in [-0.2, -0.15) is 0 Å². The fraction of sp³-hybridized carbons (Fsp3) is 0.480. The molecule has 2 aromatic heterocycles. The number of aliphatic imine (C=N–C) groups is 1. The van der Waals surface area contributed by atoms with E-state index in [2.05, 4.69) is 29.0 Å². The lowest BCUT2D eigenvalue weighted by molar-refractivity contribution is 0.111. The molecule has 0 unspecified atom stereocenters. The van der Waals surface area contributed by atoms with Crippen LogP contribution >= 0.6 is 0 Å². The highest BCUT2D eigenvalue weighted by Crippen LogP contribution is 2.33. The van der Waals surface area contributed by atoms with Crippen molar-refractivity contribution in [2.45, 2.75) is 12.8 Å². The molecule has 1 aliphatic rings. The second-order valence-corrected chi connectivity index (χ2v) is 8.95. The highest BCUT2D eigenvalue weighted by Gasteiger charge is 2.22. The van der Waals surface area contributed by atoms with Crippen LogP contribution in [0.5, 0.6) is 5.75 Å². The Hall–Kier alpha value is -3.37. The van der Waals surface area contributed by atoms with E-state index in [-0.39, 0.29) is 5.69 Å². The van der Waals surface area contributed by atoms with Gasteiger partial charge in [0.2, 0.25) is 0 Å². The molecule has 0 atom stereocenters. The van der Waals surface area contributed by atoms with E-state index >= 15 is 0 Å². The fourth-order valence-corrected chi connectivity index (χ4v) is 4.41. The number of hydrogen-bond acceptors (Lipinski definition) is 8. The van der Waals surface area contributed by atoms with E-state index in [0.717, 1.165) is 59.0 Å². The molecule has 3 aromatic rings. The van der Waals surface area contributed by atoms with Gasteiger partial charge in [-0.25, -0.2) is 9.47 Å². The Morgan fingerprint density at radius 3 is 2.74 bits per heavy atom. The normalized spacial score (nSPS) is 15.2. The summed E-state index contributed by atoms with van der Waals surface area (Å²) < 4.78 is 14.6. The van der Waals surface area contributed by atoms with Gasteiger partial charge in [0.1, 0.15) is 11.3 Å². The third-order valence-corrected chi connectivity index (χ3v) is 6.32. The Kier molecular flexibility index (Phi) is 7.72. The van der Waals surface area contributed by atoms with E-state index in [9.17, 15) is 4.79 Å². The molecule has 0 aliphatic carbocycles. The van der Waals surface area contributed by atoms with Gasteiger partial charge in [0.15, 0.2) is 0 Å². The van der Waals surface area contributed by atoms with Crippen molar-refractivity contribution in [1.82, 2.24) is 19.1 Å². The second kappa shape index (κ2) is 10.9. The number of unbranched alkanes of at least 4 members (excludes halogenated alkanes) is 1. The maximum absolute atomic E-state index is 13.2. The Morgan fingerprint density at radius 2 is 2.06 bits per heavy atom. The van der Waals surface area contributed by atoms with Crippen LogP contribution in [0.4, 0.5) is 0 Å². The van der Waals surface area contributed by atoms with Crippen LogP contribution in [-0.2, 0) is 11.8 Å². The summed E-state index contributed by atoms with van der Waals surface area (Å²) in [7, 11) is 7.54. The van der Waals surface area contributed by atoms with Crippen LogP contribution in [0.2, 0.25) is 0 Å². The molecule has 3 heterocycles. The molecule has 0 bridgehead atoms. The van der Waals surface area contributed by atoms with Crippen LogP contribution in [0.25, 0.3) is 27.5 Å². The van der Waals surface area contributed by atoms with Crippen LogP contribution in [0.3, 0.4) is 0 Å². The van der Waals surface area contributed by atoms with Crippen LogP contribution in [0, 0.1) is 0 Å². The molecule has 10 nitrogen and oxygen atoms in total. The number of benzene rings is 1. The molecule has 35 heavy (non-hydrogen) atoms. The van der Waals surface area contributed by atoms with Gasteiger partial charge in [-0.3, -0.25) is 14.5 Å². The molecule has 1 saturated heterocycles. The molecule has 0 spiro atoms. The minimum atomic E-state index is -0.109. The Morgan fingerprint density at radius 1 is 1.29 bits per heavy atom. The number of allylic oxidation sites excluding steroid dienone is 1. The zero-order valence-electron chi connectivity index (χ0n) is 21.0. The standard InChI is InChI=1S/C25H35N7O3/c1-29(2)8-6-5-7-27-16-18(15-26)19-13-20-21(14-23(19)34-4)28-17-22-24(20)32(25(33)30(22)3)31-9-11-35-12-10-31/h13-17H,5-12,26H2,1-4H3. The first-order chi connectivity index (χ1) is 17.0. The number of imidazole rings is 1. The molecule has 0 saturated carbocycles. The van der Waals surface area contributed by atoms with Crippen LogP contribution in [0.1, 0.15) is 18.4 Å². The number of fused-ring (bicyclic) bond motifs is 3. The van der Waals surface area contributed by atoms with Crippen molar-refractivity contribution >= 4 is 33.7 Å². The van der Waals surface area contributed by atoms with Gasteiger partial charge >= 0.3 is 5.69 Å². The number of hydrogen-bond donors (Lipinski definition) is 1. The van der Waals surface area contributed by atoms with Gasteiger partial charge < -0.3 is 25.1 Å². The Labute approximate surface area is 205 Å². The van der Waals surface area contributed by atoms with E-state index < -0.39 is 0 Å². The van der Waals surface area contributed by atoms with E-state index in [1.807, 2.05) is 17.1 Å². The van der Waals surface area contributed by atoms with Gasteiger partial charge in [-0.1, -0.05) is 0 Å². The summed E-state index contributed by atoms with van der Waals surface area (Å²) in [4.78, 5) is 24.6. The van der Waals surface area contributed by atoms with E-state index in [1.54, 1.807) is 42.0 Å². The molecule has 10 heteroatoms. The summed E-state index contributed by atoms with van der Waals surface area (Å²) in [5.41, 5.74) is 9.79. The van der Waals surface area contributed by atoms with E-state index in [4.69, 9.17) is 15.2 Å². The van der Waals surface area contributed by atoms with Gasteiger partial charge in [0, 0.05) is 48.6 Å². The van der Waals surface area contributed by atoms with Crippen molar-refractivity contribution in [3.63, 3.8) is 0 Å². The second-order valence-electron chi connectivity index (χ2n) is 8.95. The van der Waals surface area contributed by atoms with Crippen molar-refractivity contribution in [2.75, 3.05) is 65.6 Å². The first kappa shape index (κ1) is 24.7. The third-order valence-electron chi connectivity index (χ3n) is 6.32. The maximum atomic E-state index is 13.2. The largest absolute Gasteiger partial charge is 0.496 e. The first-order valence-corrected chi connectivity index (χ1v) is 11.9. The number of morpholine rings is 1. The quantitative estimate of drug-likeness (QED) is 0.366. The molecule has 1 aliphatic heterocycles. The van der Waals surface area contributed by atoms with E-state index in [0.29, 0.717) is 32.1 Å². The number of ether oxygens (including phenoxy) is 2. The monoisotopic (exact) mass is 481 g/mol. The molecule has 188 valence electrons. The van der Waals surface area contributed by atoms with Crippen molar-refractivity contribution in [2.24, 2.45) is 17.8 Å². The summed E-state index contributed by atoms with van der Waals surface area (Å²) in [6.07, 6.45) is 7.17. The highest BCUT2D eigenvalue weighted by molar-refractivity contribution is 6.13. The molecule has 1 aromatic carbocycles. The molecule has 2 N–H and O–H groups in total. The Balaban J connectivity index is 1.78. The summed E-state index contributed by atoms with van der Waals surface area (Å²) >= 11 is 0. The predicted molar refractivity (Wildman–Crippen MR) is 141 cm³/mol. The topological polar surface area (TPSA) is 103 Å². The lowest BCUT2D eigenvalue weighted by atomic mass is 10.0. The van der Waals surface area contributed by atoms with Crippen molar-refractivity contribution in [3.8, 4) is 5.75 Å². The third kappa shape index (κ3) is 5.03. The molecular weight excluding hydrogens is 446 g/mol. The zero-order valence-corrected chi connectivity index (χ0v) is 21.0. The Bertz CT molecular complexity index is 1300. The van der Waals surface area contributed by atoms with E-state index in [1.165, 1.54) is 0 Å². The lowest BCUT2D eigenvalue weighted by Crippen LogP contribution is -2.48. The number of pyridine rings is 1. The van der Waals surface area contributed by atoms with Gasteiger partial charge in [-0.15, -0.1) is 0 Å². The van der Waals surface area contributed by atoms with Gasteiger partial charge in [-0.05, 0) is 39.5 Å². The molecular formula is C25H35N7O3. The number of nitrogens with two attached hydrogens (primary N) is 1. The van der Waals surface area contributed by atoms with Gasteiger partial charge in [0.25, 0.3) is 0 Å². The van der Waals surface area contributed by atoms with Crippen LogP contribution in [0.15, 0.2) is 34.3 Å². The molecule has 0 amide bonds. The zero-order chi connectivity index (χ0) is 24.9. The number of rotatable bonds is 9.